The first-order valence-corrected chi connectivity index (χ1v) is 3.35. The maximum absolute atomic E-state index is 4.85. The minimum atomic E-state index is 0.337. The molecule has 1 radical (unpaired) electrons. The molecule has 1 aromatic rings. The molecular weight excluding hydrogens is 128 g/mol. The van der Waals surface area contributed by atoms with E-state index in [1.54, 1.807) is 0 Å². The molecule has 55 valence electrons. The molecule has 3 nitrogen and oxygen atoms in total. The van der Waals surface area contributed by atoms with Gasteiger partial charge in [-0.25, -0.2) is 0 Å². The maximum atomic E-state index is 4.85. The van der Waals surface area contributed by atoms with Gasteiger partial charge in [0.25, 0.3) is 0 Å². The monoisotopic (exact) mass is 139 g/mol. The van der Waals surface area contributed by atoms with Gasteiger partial charge in [-0.05, 0) is 6.92 Å². The molecule has 0 unspecified atom stereocenters. The third kappa shape index (κ3) is 1.35. The first-order chi connectivity index (χ1) is 4.74. The van der Waals surface area contributed by atoms with E-state index in [0.29, 0.717) is 18.2 Å². The predicted molar refractivity (Wildman–Crippen MR) is 37.4 cm³/mol. The Morgan fingerprint density at radius 2 is 2.30 bits per heavy atom. The molecule has 0 atom stereocenters. The minimum Gasteiger partial charge on any atom is -0.339 e. The third-order valence-corrected chi connectivity index (χ3v) is 1.21. The third-order valence-electron chi connectivity index (χ3n) is 1.21. The Morgan fingerprint density at radius 3 is 2.60 bits per heavy atom. The van der Waals surface area contributed by atoms with Crippen LogP contribution in [0.25, 0.3) is 0 Å². The van der Waals surface area contributed by atoms with Crippen LogP contribution in [0.15, 0.2) is 4.52 Å². The van der Waals surface area contributed by atoms with E-state index in [1.807, 2.05) is 13.8 Å². The summed E-state index contributed by atoms with van der Waals surface area (Å²) < 4.78 is 4.85. The lowest BCUT2D eigenvalue weighted by Gasteiger charge is -1.91. The van der Waals surface area contributed by atoms with E-state index in [9.17, 15) is 0 Å². The van der Waals surface area contributed by atoms with Crippen LogP contribution in [0.1, 0.15) is 31.5 Å². The van der Waals surface area contributed by atoms with Crippen LogP contribution in [0, 0.1) is 6.92 Å². The van der Waals surface area contributed by atoms with Crippen molar-refractivity contribution < 1.29 is 4.52 Å². The molecule has 0 spiro atoms. The Hall–Kier alpha value is -0.860. The van der Waals surface area contributed by atoms with Crippen molar-refractivity contribution in [1.82, 2.24) is 10.1 Å². The topological polar surface area (TPSA) is 38.9 Å². The fourth-order valence-corrected chi connectivity index (χ4v) is 0.604. The van der Waals surface area contributed by atoms with Gasteiger partial charge in [0, 0.05) is 12.3 Å². The Labute approximate surface area is 60.4 Å². The normalized spacial score (nSPS) is 10.8. The molecule has 0 fully saturated rings. The highest BCUT2D eigenvalue weighted by Crippen LogP contribution is 2.09. The summed E-state index contributed by atoms with van der Waals surface area (Å²) in [4.78, 5) is 4.09. The van der Waals surface area contributed by atoms with Crippen molar-refractivity contribution in [2.75, 3.05) is 0 Å². The van der Waals surface area contributed by atoms with Crippen molar-refractivity contribution in [1.29, 1.82) is 0 Å². The number of rotatable bonds is 2. The van der Waals surface area contributed by atoms with E-state index in [-0.39, 0.29) is 0 Å². The van der Waals surface area contributed by atoms with E-state index >= 15 is 0 Å². The van der Waals surface area contributed by atoms with Crippen molar-refractivity contribution >= 4 is 0 Å². The lowest BCUT2D eigenvalue weighted by molar-refractivity contribution is 0.378. The molecule has 1 heterocycles. The second kappa shape index (κ2) is 2.82. The summed E-state index contributed by atoms with van der Waals surface area (Å²) in [6.45, 7) is 7.68. The van der Waals surface area contributed by atoms with Crippen LogP contribution in [0.4, 0.5) is 0 Å². The Bertz CT molecular complexity index is 205. The summed E-state index contributed by atoms with van der Waals surface area (Å²) >= 11 is 0. The van der Waals surface area contributed by atoms with E-state index in [0.717, 1.165) is 5.82 Å². The molecule has 0 bridgehead atoms. The van der Waals surface area contributed by atoms with Gasteiger partial charge in [0.1, 0.15) is 0 Å². The van der Waals surface area contributed by atoms with Crippen LogP contribution in [0.2, 0.25) is 0 Å². The molecular formula is C7H11N2O. The maximum Gasteiger partial charge on any atom is 0.226 e. The summed E-state index contributed by atoms with van der Waals surface area (Å²) in [5.74, 6) is 1.71. The molecule has 0 aliphatic carbocycles. The van der Waals surface area contributed by atoms with Crippen LogP contribution in [-0.4, -0.2) is 10.1 Å². The van der Waals surface area contributed by atoms with Gasteiger partial charge in [-0.1, -0.05) is 19.0 Å². The SMILES string of the molecule is [CH2]Cc1nc(C(C)C)no1. The van der Waals surface area contributed by atoms with Crippen molar-refractivity contribution in [2.24, 2.45) is 0 Å². The standard InChI is InChI=1S/C7H11N2O/c1-4-6-8-7(5(2)3)9-10-6/h5H,1,4H2,2-3H3. The van der Waals surface area contributed by atoms with Crippen molar-refractivity contribution in [3.05, 3.63) is 18.6 Å². The van der Waals surface area contributed by atoms with Crippen LogP contribution in [-0.2, 0) is 6.42 Å². The summed E-state index contributed by atoms with van der Waals surface area (Å²) in [5, 5.41) is 3.76. The molecule has 0 amide bonds. The Balaban J connectivity index is 2.78. The highest BCUT2D eigenvalue weighted by atomic mass is 16.5. The van der Waals surface area contributed by atoms with Crippen LogP contribution >= 0.6 is 0 Å². The second-order valence-electron chi connectivity index (χ2n) is 2.45. The molecule has 0 saturated carbocycles. The van der Waals surface area contributed by atoms with Gasteiger partial charge in [0.05, 0.1) is 0 Å². The van der Waals surface area contributed by atoms with Gasteiger partial charge in [-0.3, -0.25) is 0 Å². The van der Waals surface area contributed by atoms with Gasteiger partial charge >= 0.3 is 0 Å². The van der Waals surface area contributed by atoms with Crippen molar-refractivity contribution in [2.45, 2.75) is 26.2 Å². The molecule has 3 heteroatoms. The Morgan fingerprint density at radius 1 is 1.60 bits per heavy atom. The Kier molecular flexibility index (Phi) is 2.04. The lowest BCUT2D eigenvalue weighted by atomic mass is 10.2. The fraction of sp³-hybridized carbons (Fsp3) is 0.571. The summed E-state index contributed by atoms with van der Waals surface area (Å²) in [7, 11) is 0. The highest BCUT2D eigenvalue weighted by Gasteiger charge is 2.06. The van der Waals surface area contributed by atoms with Crippen LogP contribution in [0.5, 0.6) is 0 Å². The molecule has 1 aromatic heterocycles. The van der Waals surface area contributed by atoms with Gasteiger partial charge in [0.2, 0.25) is 5.89 Å². The summed E-state index contributed by atoms with van der Waals surface area (Å²) in [6, 6.07) is 0. The lowest BCUT2D eigenvalue weighted by Crippen LogP contribution is -1.89. The zero-order valence-corrected chi connectivity index (χ0v) is 6.29. The minimum absolute atomic E-state index is 0.337. The number of nitrogens with zero attached hydrogens (tertiary/aromatic N) is 2. The van der Waals surface area contributed by atoms with E-state index in [1.165, 1.54) is 0 Å². The van der Waals surface area contributed by atoms with Gasteiger partial charge in [0.15, 0.2) is 5.82 Å². The van der Waals surface area contributed by atoms with Gasteiger partial charge < -0.3 is 4.52 Å². The molecule has 0 aliphatic rings. The zero-order valence-electron chi connectivity index (χ0n) is 6.29. The molecule has 0 aliphatic heterocycles. The zero-order chi connectivity index (χ0) is 7.56. The van der Waals surface area contributed by atoms with Crippen molar-refractivity contribution in [3.63, 3.8) is 0 Å². The van der Waals surface area contributed by atoms with E-state index in [4.69, 9.17) is 4.52 Å². The molecule has 0 saturated heterocycles. The van der Waals surface area contributed by atoms with Gasteiger partial charge in [-0.2, -0.15) is 4.98 Å². The predicted octanol–water partition coefficient (Wildman–Crippen LogP) is 1.57. The highest BCUT2D eigenvalue weighted by molar-refractivity contribution is 4.91. The van der Waals surface area contributed by atoms with Gasteiger partial charge in [-0.15, -0.1) is 0 Å². The number of aromatic nitrogens is 2. The van der Waals surface area contributed by atoms with Crippen molar-refractivity contribution in [3.8, 4) is 0 Å². The first-order valence-electron chi connectivity index (χ1n) is 3.35. The smallest absolute Gasteiger partial charge is 0.226 e. The number of hydrogen-bond donors (Lipinski definition) is 0. The molecule has 0 N–H and O–H groups in total. The quantitative estimate of drug-likeness (QED) is 0.624. The summed E-state index contributed by atoms with van der Waals surface area (Å²) in [6.07, 6.45) is 0.569. The molecule has 0 aromatic carbocycles. The van der Waals surface area contributed by atoms with Crippen LogP contribution in [0.3, 0.4) is 0 Å². The molecule has 10 heavy (non-hydrogen) atoms. The fourth-order valence-electron chi connectivity index (χ4n) is 0.604. The number of hydrogen-bond acceptors (Lipinski definition) is 3. The summed E-state index contributed by atoms with van der Waals surface area (Å²) in [5.41, 5.74) is 0. The van der Waals surface area contributed by atoms with E-state index < -0.39 is 0 Å². The average Bonchev–Trinajstić information content (AvgIpc) is 2.34. The van der Waals surface area contributed by atoms with E-state index in [2.05, 4.69) is 17.1 Å². The molecule has 1 rings (SSSR count). The largest absolute Gasteiger partial charge is 0.339 e. The van der Waals surface area contributed by atoms with Crippen LogP contribution < -0.4 is 0 Å². The average molecular weight is 139 g/mol. The first kappa shape index (κ1) is 7.25. The second-order valence-corrected chi connectivity index (χ2v) is 2.45.